The predicted molar refractivity (Wildman–Crippen MR) is 82.0 cm³/mol. The van der Waals surface area contributed by atoms with Crippen molar-refractivity contribution in [2.75, 3.05) is 19.0 Å². The maximum absolute atomic E-state index is 11.5. The Morgan fingerprint density at radius 1 is 1.50 bits per heavy atom. The minimum atomic E-state index is -0.412. The number of nitrogens with one attached hydrogen (secondary N) is 1. The molecule has 1 aromatic carbocycles. The number of hydrogen-bond donors (Lipinski definition) is 1. The van der Waals surface area contributed by atoms with Gasteiger partial charge in [0.2, 0.25) is 0 Å². The van der Waals surface area contributed by atoms with Crippen LogP contribution in [0.1, 0.15) is 17.4 Å². The van der Waals surface area contributed by atoms with E-state index in [1.165, 1.54) is 11.3 Å². The highest BCUT2D eigenvalue weighted by Crippen LogP contribution is 2.30. The summed E-state index contributed by atoms with van der Waals surface area (Å²) in [6.45, 7) is 2.10. The minimum absolute atomic E-state index is 0.309. The summed E-state index contributed by atoms with van der Waals surface area (Å²) >= 11 is 4.73. The van der Waals surface area contributed by atoms with Crippen LogP contribution < -0.4 is 10.1 Å². The second kappa shape index (κ2) is 6.71. The second-order valence-corrected chi connectivity index (χ2v) is 5.45. The Morgan fingerprint density at radius 3 is 3.00 bits per heavy atom. The molecule has 0 atom stereocenters. The van der Waals surface area contributed by atoms with Crippen molar-refractivity contribution in [2.45, 2.75) is 6.92 Å². The van der Waals surface area contributed by atoms with Crippen molar-refractivity contribution in [3.05, 3.63) is 33.7 Å². The molecule has 0 spiro atoms. The fourth-order valence-corrected chi connectivity index (χ4v) is 2.60. The molecule has 5 nitrogen and oxygen atoms in total. The number of halogens is 1. The molecular formula is C13H13BrN2O3S. The van der Waals surface area contributed by atoms with Crippen molar-refractivity contribution < 1.29 is 14.3 Å². The summed E-state index contributed by atoms with van der Waals surface area (Å²) in [5.74, 6) is 0.308. The molecule has 1 heterocycles. The maximum atomic E-state index is 11.5. The van der Waals surface area contributed by atoms with Gasteiger partial charge in [-0.3, -0.25) is 0 Å². The van der Waals surface area contributed by atoms with E-state index in [0.717, 1.165) is 15.9 Å². The summed E-state index contributed by atoms with van der Waals surface area (Å²) in [7, 11) is 1.60. The fourth-order valence-electron chi connectivity index (χ4n) is 1.49. The summed E-state index contributed by atoms with van der Waals surface area (Å²) < 4.78 is 11.0. The Morgan fingerprint density at radius 2 is 2.30 bits per heavy atom. The van der Waals surface area contributed by atoms with Gasteiger partial charge in [-0.15, -0.1) is 11.3 Å². The van der Waals surface area contributed by atoms with Crippen LogP contribution in [0.4, 0.5) is 10.8 Å². The van der Waals surface area contributed by atoms with Crippen molar-refractivity contribution in [1.29, 1.82) is 0 Å². The van der Waals surface area contributed by atoms with Gasteiger partial charge >= 0.3 is 5.97 Å². The molecule has 0 fully saturated rings. The van der Waals surface area contributed by atoms with Crippen LogP contribution in [0.25, 0.3) is 0 Å². The largest absolute Gasteiger partial charge is 0.495 e. The molecule has 0 aliphatic carbocycles. The fraction of sp³-hybridized carbons (Fsp3) is 0.231. The molecule has 2 aromatic rings. The molecular weight excluding hydrogens is 344 g/mol. The number of carbonyl (C=O) groups is 1. The van der Waals surface area contributed by atoms with E-state index in [4.69, 9.17) is 9.47 Å². The van der Waals surface area contributed by atoms with Gasteiger partial charge in [-0.1, -0.05) is 0 Å². The lowest BCUT2D eigenvalue weighted by molar-refractivity contribution is 0.0520. The molecule has 1 N–H and O–H groups in total. The van der Waals surface area contributed by atoms with E-state index < -0.39 is 5.97 Å². The molecule has 7 heteroatoms. The number of carbonyl (C=O) groups excluding carboxylic acids is 1. The topological polar surface area (TPSA) is 60.5 Å². The first-order valence-electron chi connectivity index (χ1n) is 5.87. The van der Waals surface area contributed by atoms with E-state index in [0.29, 0.717) is 17.4 Å². The number of esters is 1. The molecule has 0 aliphatic heterocycles. The second-order valence-electron chi connectivity index (χ2n) is 3.73. The van der Waals surface area contributed by atoms with E-state index in [2.05, 4.69) is 26.2 Å². The molecule has 0 amide bonds. The van der Waals surface area contributed by atoms with Crippen molar-refractivity contribution in [3.63, 3.8) is 0 Å². The minimum Gasteiger partial charge on any atom is -0.495 e. The Hall–Kier alpha value is -1.60. The zero-order valence-corrected chi connectivity index (χ0v) is 13.4. The summed E-state index contributed by atoms with van der Waals surface area (Å²) in [6, 6.07) is 5.61. The number of benzene rings is 1. The van der Waals surface area contributed by atoms with Gasteiger partial charge < -0.3 is 14.8 Å². The lowest BCUT2D eigenvalue weighted by Gasteiger charge is -2.07. The van der Waals surface area contributed by atoms with Crippen LogP contribution >= 0.6 is 27.3 Å². The molecule has 0 radical (unpaired) electrons. The number of nitrogens with zero attached hydrogens (tertiary/aromatic N) is 1. The van der Waals surface area contributed by atoms with Gasteiger partial charge in [-0.25, -0.2) is 9.78 Å². The first kappa shape index (κ1) is 14.8. The smallest absolute Gasteiger partial charge is 0.357 e. The molecule has 1 aromatic heterocycles. The van der Waals surface area contributed by atoms with Crippen molar-refractivity contribution in [1.82, 2.24) is 4.98 Å². The van der Waals surface area contributed by atoms with Crippen LogP contribution in [0, 0.1) is 0 Å². The number of rotatable bonds is 5. The average molecular weight is 357 g/mol. The lowest BCUT2D eigenvalue weighted by Crippen LogP contribution is -2.05. The van der Waals surface area contributed by atoms with Gasteiger partial charge in [0, 0.05) is 17.1 Å². The van der Waals surface area contributed by atoms with Crippen LogP contribution in [0.15, 0.2) is 28.1 Å². The summed E-state index contributed by atoms with van der Waals surface area (Å²) in [5.41, 5.74) is 1.14. The number of methoxy groups -OCH3 is 1. The van der Waals surface area contributed by atoms with Gasteiger partial charge in [0.1, 0.15) is 5.75 Å². The number of anilines is 2. The van der Waals surface area contributed by atoms with Gasteiger partial charge in [0.15, 0.2) is 10.8 Å². The molecule has 0 bridgehead atoms. The molecule has 0 unspecified atom stereocenters. The SMILES string of the molecule is CCOC(=O)c1csc(Nc2ccc(Br)c(OC)c2)n1. The number of thiazole rings is 1. The van der Waals surface area contributed by atoms with Crippen LogP contribution in [-0.4, -0.2) is 24.7 Å². The van der Waals surface area contributed by atoms with E-state index in [1.807, 2.05) is 18.2 Å². The molecule has 0 saturated carbocycles. The van der Waals surface area contributed by atoms with E-state index in [1.54, 1.807) is 19.4 Å². The third kappa shape index (κ3) is 3.49. The Bertz CT molecular complexity index is 615. The van der Waals surface area contributed by atoms with Crippen LogP contribution in [-0.2, 0) is 4.74 Å². The third-order valence-electron chi connectivity index (χ3n) is 2.39. The Labute approximate surface area is 129 Å². The standard InChI is InChI=1S/C13H13BrN2O3S/c1-3-19-12(17)10-7-20-13(16-10)15-8-4-5-9(14)11(6-8)18-2/h4-7H,3H2,1-2H3,(H,15,16). The van der Waals surface area contributed by atoms with E-state index >= 15 is 0 Å². The Kier molecular flexibility index (Phi) is 4.97. The highest BCUT2D eigenvalue weighted by Gasteiger charge is 2.12. The third-order valence-corrected chi connectivity index (χ3v) is 3.80. The first-order valence-corrected chi connectivity index (χ1v) is 7.54. The highest BCUT2D eigenvalue weighted by atomic mass is 79.9. The average Bonchev–Trinajstić information content (AvgIpc) is 2.90. The maximum Gasteiger partial charge on any atom is 0.357 e. The first-order chi connectivity index (χ1) is 9.63. The molecule has 106 valence electrons. The molecule has 0 aliphatic rings. The molecule has 2 rings (SSSR count). The zero-order valence-electron chi connectivity index (χ0n) is 11.0. The van der Waals surface area contributed by atoms with Crippen LogP contribution in [0.5, 0.6) is 5.75 Å². The number of aromatic nitrogens is 1. The molecule has 20 heavy (non-hydrogen) atoms. The number of ether oxygens (including phenoxy) is 2. The van der Waals surface area contributed by atoms with Crippen LogP contribution in [0.3, 0.4) is 0 Å². The zero-order chi connectivity index (χ0) is 14.5. The van der Waals surface area contributed by atoms with Gasteiger partial charge in [0.05, 0.1) is 18.2 Å². The number of hydrogen-bond acceptors (Lipinski definition) is 6. The lowest BCUT2D eigenvalue weighted by atomic mass is 10.3. The predicted octanol–water partition coefficient (Wildman–Crippen LogP) is 3.83. The van der Waals surface area contributed by atoms with Crippen molar-refractivity contribution >= 4 is 44.1 Å². The summed E-state index contributed by atoms with van der Waals surface area (Å²) in [4.78, 5) is 15.7. The van der Waals surface area contributed by atoms with E-state index in [9.17, 15) is 4.79 Å². The van der Waals surface area contributed by atoms with Crippen LogP contribution in [0.2, 0.25) is 0 Å². The van der Waals surface area contributed by atoms with Gasteiger partial charge in [-0.05, 0) is 35.0 Å². The quantitative estimate of drug-likeness (QED) is 0.824. The summed E-state index contributed by atoms with van der Waals surface area (Å²) in [5, 5.41) is 5.41. The van der Waals surface area contributed by atoms with E-state index in [-0.39, 0.29) is 0 Å². The van der Waals surface area contributed by atoms with Crippen molar-refractivity contribution in [3.8, 4) is 5.75 Å². The van der Waals surface area contributed by atoms with Gasteiger partial charge in [0.25, 0.3) is 0 Å². The summed E-state index contributed by atoms with van der Waals surface area (Å²) in [6.07, 6.45) is 0. The monoisotopic (exact) mass is 356 g/mol. The molecule has 0 saturated heterocycles. The normalized spacial score (nSPS) is 10.2. The van der Waals surface area contributed by atoms with Gasteiger partial charge in [-0.2, -0.15) is 0 Å². The van der Waals surface area contributed by atoms with Crippen molar-refractivity contribution in [2.24, 2.45) is 0 Å². The highest BCUT2D eigenvalue weighted by molar-refractivity contribution is 9.10. The Balaban J connectivity index is 2.12.